The second kappa shape index (κ2) is 7.19. The molecule has 5 rings (SSSR count). The smallest absolute Gasteiger partial charge is 0.272 e. The zero-order valence-corrected chi connectivity index (χ0v) is 20.1. The summed E-state index contributed by atoms with van der Waals surface area (Å²) in [6.45, 7) is 16.3. The minimum atomic E-state index is -0.571. The van der Waals surface area contributed by atoms with Crippen molar-refractivity contribution in [1.29, 1.82) is 0 Å². The van der Waals surface area contributed by atoms with Crippen molar-refractivity contribution in [3.8, 4) is 0 Å². The van der Waals surface area contributed by atoms with Gasteiger partial charge in [0, 0.05) is 16.5 Å². The third kappa shape index (κ3) is 2.79. The Morgan fingerprint density at radius 3 is 2.59 bits per heavy atom. The number of imidazole rings is 1. The molecule has 2 amide bonds. The first-order valence-corrected chi connectivity index (χ1v) is 11.6. The van der Waals surface area contributed by atoms with Crippen LogP contribution in [0.4, 0.5) is 5.69 Å². The van der Waals surface area contributed by atoms with Crippen molar-refractivity contribution >= 4 is 23.6 Å². The van der Waals surface area contributed by atoms with Gasteiger partial charge in [-0.25, -0.2) is 4.98 Å². The number of rotatable bonds is 5. The average molecular weight is 458 g/mol. The maximum atomic E-state index is 13.9. The van der Waals surface area contributed by atoms with Gasteiger partial charge in [-0.15, -0.1) is 13.2 Å². The normalized spacial score (nSPS) is 27.1. The number of H-pyrrole nitrogens is 1. The summed E-state index contributed by atoms with van der Waals surface area (Å²) in [5.41, 5.74) is 2.53. The number of piperazine rings is 1. The minimum Gasteiger partial charge on any atom is -0.364 e. The van der Waals surface area contributed by atoms with E-state index < -0.39 is 11.5 Å². The highest BCUT2D eigenvalue weighted by Gasteiger charge is 2.66. The number of aromatic nitrogens is 2. The van der Waals surface area contributed by atoms with Crippen LogP contribution in [0.2, 0.25) is 0 Å². The van der Waals surface area contributed by atoms with Crippen molar-refractivity contribution in [2.75, 3.05) is 5.32 Å². The van der Waals surface area contributed by atoms with Gasteiger partial charge in [0.15, 0.2) is 0 Å². The lowest BCUT2D eigenvalue weighted by atomic mass is 9.60. The molecule has 3 aliphatic rings. The van der Waals surface area contributed by atoms with Gasteiger partial charge >= 0.3 is 0 Å². The SMILES string of the molecule is C=CC(C)(C)c1[nH]cnc1C=C1NC(=O)[C@@H]2C[C@@]3(C(C)(C)C=C)c4ccccc4N[C@H]3N2C1=O. The van der Waals surface area contributed by atoms with E-state index in [4.69, 9.17) is 0 Å². The molecular formula is C27H31N5O2. The summed E-state index contributed by atoms with van der Waals surface area (Å²) in [6.07, 6.45) is 7.17. The number of hydrogen-bond donors (Lipinski definition) is 3. The molecule has 0 spiro atoms. The number of amides is 2. The fourth-order valence-corrected chi connectivity index (χ4v) is 5.83. The molecule has 3 aliphatic heterocycles. The van der Waals surface area contributed by atoms with Gasteiger partial charge in [0.2, 0.25) is 5.91 Å². The number of carbonyl (C=O) groups is 2. The Kier molecular flexibility index (Phi) is 4.70. The Balaban J connectivity index is 1.61. The van der Waals surface area contributed by atoms with Gasteiger partial charge in [-0.3, -0.25) is 9.59 Å². The van der Waals surface area contributed by atoms with Gasteiger partial charge in [0.05, 0.1) is 17.7 Å². The Morgan fingerprint density at radius 2 is 1.88 bits per heavy atom. The van der Waals surface area contributed by atoms with Crippen molar-refractivity contribution in [2.24, 2.45) is 5.41 Å². The summed E-state index contributed by atoms with van der Waals surface area (Å²) in [5, 5.41) is 6.44. The molecule has 0 aliphatic carbocycles. The molecule has 176 valence electrons. The van der Waals surface area contributed by atoms with Crippen molar-refractivity contribution in [1.82, 2.24) is 20.2 Å². The van der Waals surface area contributed by atoms with Crippen molar-refractivity contribution in [2.45, 2.75) is 57.2 Å². The van der Waals surface area contributed by atoms with Crippen LogP contribution in [0.1, 0.15) is 51.1 Å². The monoisotopic (exact) mass is 457 g/mol. The standard InChI is InChI=1S/C27H31N5O2/c1-7-25(3,4)21-18(28-15-29-21)13-19-23(34)32-20(22(33)30-19)14-27(26(5,6)8-2)16-11-9-10-12-17(16)31-24(27)32/h7-13,15,20,24,31H,1-2,14H2,3-6H3,(H,28,29)(H,30,33)/t20-,24-,27+/m0/s1. The lowest BCUT2D eigenvalue weighted by Crippen LogP contribution is -2.59. The Bertz CT molecular complexity index is 1250. The van der Waals surface area contributed by atoms with Crippen LogP contribution in [0.15, 0.2) is 61.6 Å². The number of carbonyl (C=O) groups excluding carboxylic acids is 2. The summed E-state index contributed by atoms with van der Waals surface area (Å²) >= 11 is 0. The quantitative estimate of drug-likeness (QED) is 0.470. The third-order valence-corrected chi connectivity index (χ3v) is 8.09. The molecular weight excluding hydrogens is 426 g/mol. The van der Waals surface area contributed by atoms with Crippen LogP contribution in [0.5, 0.6) is 0 Å². The largest absolute Gasteiger partial charge is 0.364 e. The topological polar surface area (TPSA) is 90.1 Å². The Hall–Kier alpha value is -3.61. The van der Waals surface area contributed by atoms with E-state index in [1.807, 2.05) is 44.2 Å². The molecule has 1 aromatic carbocycles. The number of para-hydroxylation sites is 1. The molecule has 0 bridgehead atoms. The van der Waals surface area contributed by atoms with Crippen LogP contribution in [-0.2, 0) is 20.4 Å². The highest BCUT2D eigenvalue weighted by atomic mass is 16.2. The number of allylic oxidation sites excluding steroid dienone is 2. The van der Waals surface area contributed by atoms with Gasteiger partial charge in [0.1, 0.15) is 17.9 Å². The summed E-state index contributed by atoms with van der Waals surface area (Å²) in [6, 6.07) is 7.54. The number of hydrogen-bond acceptors (Lipinski definition) is 4. The molecule has 3 atom stereocenters. The Morgan fingerprint density at radius 1 is 1.15 bits per heavy atom. The van der Waals surface area contributed by atoms with Crippen LogP contribution in [0.3, 0.4) is 0 Å². The molecule has 34 heavy (non-hydrogen) atoms. The van der Waals surface area contributed by atoms with E-state index >= 15 is 0 Å². The molecule has 0 saturated carbocycles. The minimum absolute atomic E-state index is 0.182. The summed E-state index contributed by atoms with van der Waals surface area (Å²) in [4.78, 5) is 36.5. The molecule has 4 heterocycles. The zero-order valence-electron chi connectivity index (χ0n) is 20.1. The maximum absolute atomic E-state index is 13.9. The van der Waals surface area contributed by atoms with E-state index in [0.717, 1.165) is 16.9 Å². The Labute approximate surface area is 200 Å². The number of nitrogens with zero attached hydrogens (tertiary/aromatic N) is 2. The van der Waals surface area contributed by atoms with Gasteiger partial charge in [-0.2, -0.15) is 0 Å². The first-order valence-electron chi connectivity index (χ1n) is 11.6. The molecule has 2 aromatic rings. The zero-order chi connectivity index (χ0) is 24.5. The second-order valence-corrected chi connectivity index (χ2v) is 10.6. The number of aromatic amines is 1. The van der Waals surface area contributed by atoms with E-state index in [1.54, 1.807) is 17.3 Å². The molecule has 3 N–H and O–H groups in total. The number of nitrogens with one attached hydrogen (secondary N) is 3. The van der Waals surface area contributed by atoms with E-state index in [1.165, 1.54) is 0 Å². The van der Waals surface area contributed by atoms with Gasteiger partial charge in [-0.05, 0) is 29.5 Å². The number of benzene rings is 1. The van der Waals surface area contributed by atoms with Gasteiger partial charge < -0.3 is 20.5 Å². The first-order chi connectivity index (χ1) is 16.1. The summed E-state index contributed by atoms with van der Waals surface area (Å²) in [5.74, 6) is -0.402. The van der Waals surface area contributed by atoms with Gasteiger partial charge in [0.25, 0.3) is 5.91 Å². The number of fused-ring (bicyclic) bond motifs is 5. The van der Waals surface area contributed by atoms with Crippen molar-refractivity contribution in [3.63, 3.8) is 0 Å². The molecule has 7 nitrogen and oxygen atoms in total. The first kappa shape index (κ1) is 22.2. The predicted molar refractivity (Wildman–Crippen MR) is 133 cm³/mol. The molecule has 1 aromatic heterocycles. The van der Waals surface area contributed by atoms with E-state index in [9.17, 15) is 9.59 Å². The molecule has 0 radical (unpaired) electrons. The highest BCUT2D eigenvalue weighted by molar-refractivity contribution is 6.08. The van der Waals surface area contributed by atoms with Gasteiger partial charge in [-0.1, -0.05) is 58.0 Å². The van der Waals surface area contributed by atoms with Crippen LogP contribution in [0, 0.1) is 5.41 Å². The lowest BCUT2D eigenvalue weighted by molar-refractivity contribution is -0.141. The van der Waals surface area contributed by atoms with Crippen LogP contribution >= 0.6 is 0 Å². The van der Waals surface area contributed by atoms with Crippen LogP contribution < -0.4 is 10.6 Å². The molecule has 0 unspecified atom stereocenters. The van der Waals surface area contributed by atoms with E-state index in [2.05, 4.69) is 53.7 Å². The van der Waals surface area contributed by atoms with Crippen molar-refractivity contribution in [3.05, 3.63) is 78.6 Å². The average Bonchev–Trinajstić information content (AvgIpc) is 3.49. The lowest BCUT2D eigenvalue weighted by Gasteiger charge is -2.43. The van der Waals surface area contributed by atoms with Crippen molar-refractivity contribution < 1.29 is 9.59 Å². The van der Waals surface area contributed by atoms with E-state index in [0.29, 0.717) is 12.1 Å². The molecule has 2 fully saturated rings. The summed E-state index contributed by atoms with van der Waals surface area (Å²) < 4.78 is 0. The van der Waals surface area contributed by atoms with E-state index in [-0.39, 0.29) is 34.5 Å². The fourth-order valence-electron chi connectivity index (χ4n) is 5.83. The van der Waals surface area contributed by atoms with Crippen LogP contribution in [0.25, 0.3) is 6.08 Å². The third-order valence-electron chi connectivity index (χ3n) is 8.09. The maximum Gasteiger partial charge on any atom is 0.272 e. The number of anilines is 1. The fraction of sp³-hybridized carbons (Fsp3) is 0.370. The summed E-state index contributed by atoms with van der Waals surface area (Å²) in [7, 11) is 0. The predicted octanol–water partition coefficient (Wildman–Crippen LogP) is 3.85. The van der Waals surface area contributed by atoms with Crippen LogP contribution in [-0.4, -0.2) is 38.9 Å². The second-order valence-electron chi connectivity index (χ2n) is 10.6. The molecule has 7 heteroatoms. The molecule has 2 saturated heterocycles. The highest BCUT2D eigenvalue weighted by Crippen LogP contribution is 2.60.